The van der Waals surface area contributed by atoms with Crippen molar-refractivity contribution < 1.29 is 4.79 Å². The van der Waals surface area contributed by atoms with Crippen molar-refractivity contribution in [2.45, 2.75) is 66.0 Å². The number of aromatic nitrogens is 6. The molecule has 2 amide bonds. The third kappa shape index (κ3) is 4.78. The van der Waals surface area contributed by atoms with Crippen LogP contribution in [0.5, 0.6) is 0 Å². The van der Waals surface area contributed by atoms with Crippen LogP contribution in [0.2, 0.25) is 0 Å². The number of amides is 2. The van der Waals surface area contributed by atoms with Gasteiger partial charge in [0.25, 0.3) is 0 Å². The highest BCUT2D eigenvalue weighted by Crippen LogP contribution is 2.37. The molecular weight excluding hydrogens is 452 g/mol. The Morgan fingerprint density at radius 3 is 2.36 bits per heavy atom. The van der Waals surface area contributed by atoms with Crippen molar-refractivity contribution in [3.63, 3.8) is 0 Å². The molecule has 5 heterocycles. The van der Waals surface area contributed by atoms with Crippen molar-refractivity contribution in [3.8, 4) is 17.2 Å². The normalized spacial score (nSPS) is 13.1. The van der Waals surface area contributed by atoms with Gasteiger partial charge in [0, 0.05) is 55.2 Å². The van der Waals surface area contributed by atoms with Crippen LogP contribution in [0.1, 0.15) is 58.9 Å². The molecule has 4 aromatic heterocycles. The number of carbonyl (C=O) groups is 1. The maximum atomic E-state index is 13.4. The van der Waals surface area contributed by atoms with Crippen molar-refractivity contribution in [1.82, 2.24) is 34.6 Å². The summed E-state index contributed by atoms with van der Waals surface area (Å²) in [6.07, 6.45) is 12.8. The van der Waals surface area contributed by atoms with Crippen LogP contribution in [-0.2, 0) is 6.54 Å². The smallest absolute Gasteiger partial charge is 0.323 e. The molecule has 0 saturated heterocycles. The zero-order valence-electron chi connectivity index (χ0n) is 21.7. The number of hydrogen-bond donors (Lipinski definition) is 0. The molecule has 36 heavy (non-hydrogen) atoms. The van der Waals surface area contributed by atoms with E-state index in [0.29, 0.717) is 12.5 Å². The standard InChI is InChI=1S/C25H28N8O.C2H6/c1-4-7-19(8-5-2)33-23-18(16-31(3)25(33)34)15-26-21-10-9-20(30-22(21)23)17-13-27-24(28-14-17)32-12-6-11-29-32;1-2/h6,9-15,19H,4-5,7-8,16H2,1-3H3;1-2H3. The van der Waals surface area contributed by atoms with Crippen molar-refractivity contribution in [1.29, 1.82) is 0 Å². The molecule has 0 spiro atoms. The molecule has 0 aromatic carbocycles. The van der Waals surface area contributed by atoms with E-state index in [2.05, 4.69) is 33.9 Å². The van der Waals surface area contributed by atoms with Crippen LogP contribution in [0.25, 0.3) is 28.2 Å². The third-order valence-electron chi connectivity index (χ3n) is 6.20. The molecule has 1 aliphatic heterocycles. The molecule has 5 rings (SSSR count). The molecule has 9 nitrogen and oxygen atoms in total. The SMILES string of the molecule is CC.CCCC(CCC)N1C(=O)N(C)Cc2cnc3ccc(-c4cnc(-n5cccn5)nc4)nc3c21. The minimum Gasteiger partial charge on any atom is -0.323 e. The Morgan fingerprint density at radius 2 is 1.72 bits per heavy atom. The molecule has 0 aliphatic carbocycles. The molecule has 0 atom stereocenters. The molecule has 0 radical (unpaired) electrons. The number of rotatable bonds is 7. The lowest BCUT2D eigenvalue weighted by Gasteiger charge is -2.40. The topological polar surface area (TPSA) is 92.9 Å². The summed E-state index contributed by atoms with van der Waals surface area (Å²) in [6, 6.07) is 5.84. The third-order valence-corrected chi connectivity index (χ3v) is 6.20. The van der Waals surface area contributed by atoms with Gasteiger partial charge < -0.3 is 4.90 Å². The van der Waals surface area contributed by atoms with Crippen molar-refractivity contribution in [3.05, 3.63) is 54.7 Å². The lowest BCUT2D eigenvalue weighted by atomic mass is 10.0. The van der Waals surface area contributed by atoms with Crippen LogP contribution in [0, 0.1) is 0 Å². The zero-order valence-corrected chi connectivity index (χ0v) is 21.7. The predicted octanol–water partition coefficient (Wildman–Crippen LogP) is 5.64. The van der Waals surface area contributed by atoms with Crippen molar-refractivity contribution in [2.24, 2.45) is 0 Å². The van der Waals surface area contributed by atoms with Crippen LogP contribution < -0.4 is 4.90 Å². The van der Waals surface area contributed by atoms with Gasteiger partial charge in [-0.05, 0) is 31.0 Å². The molecule has 0 bridgehead atoms. The van der Waals surface area contributed by atoms with E-state index in [0.717, 1.165) is 59.2 Å². The first-order chi connectivity index (χ1) is 17.6. The first kappa shape index (κ1) is 25.2. The summed E-state index contributed by atoms with van der Waals surface area (Å²) in [5, 5.41) is 4.17. The molecule has 4 aromatic rings. The first-order valence-corrected chi connectivity index (χ1v) is 12.8. The molecule has 0 unspecified atom stereocenters. The number of pyridine rings is 2. The molecular formula is C27H34N8O. The van der Waals surface area contributed by atoms with Crippen LogP contribution in [0.15, 0.2) is 49.2 Å². The second-order valence-electron chi connectivity index (χ2n) is 8.66. The Bertz CT molecular complexity index is 1300. The molecule has 1 aliphatic rings. The van der Waals surface area contributed by atoms with Gasteiger partial charge in [-0.2, -0.15) is 5.10 Å². The van der Waals surface area contributed by atoms with E-state index in [9.17, 15) is 4.79 Å². The second kappa shape index (κ2) is 11.2. The minimum atomic E-state index is 0.0195. The summed E-state index contributed by atoms with van der Waals surface area (Å²) in [5.41, 5.74) is 4.94. The Morgan fingerprint density at radius 1 is 1.00 bits per heavy atom. The average molecular weight is 487 g/mol. The van der Waals surface area contributed by atoms with Gasteiger partial charge in [-0.1, -0.05) is 40.5 Å². The predicted molar refractivity (Wildman–Crippen MR) is 142 cm³/mol. The lowest BCUT2D eigenvalue weighted by molar-refractivity contribution is 0.206. The summed E-state index contributed by atoms with van der Waals surface area (Å²) in [5.74, 6) is 0.496. The quantitative estimate of drug-likeness (QED) is 0.336. The first-order valence-electron chi connectivity index (χ1n) is 12.8. The number of urea groups is 1. The summed E-state index contributed by atoms with van der Waals surface area (Å²) >= 11 is 0. The van der Waals surface area contributed by atoms with Crippen LogP contribution >= 0.6 is 0 Å². The number of hydrogen-bond acceptors (Lipinski definition) is 6. The zero-order chi connectivity index (χ0) is 25.7. The maximum absolute atomic E-state index is 13.4. The summed E-state index contributed by atoms with van der Waals surface area (Å²) in [6.45, 7) is 8.84. The van der Waals surface area contributed by atoms with E-state index < -0.39 is 0 Å². The van der Waals surface area contributed by atoms with E-state index in [1.54, 1.807) is 34.4 Å². The van der Waals surface area contributed by atoms with Gasteiger partial charge in [-0.25, -0.2) is 24.4 Å². The minimum absolute atomic E-state index is 0.0195. The van der Waals surface area contributed by atoms with Gasteiger partial charge in [0.2, 0.25) is 5.95 Å². The van der Waals surface area contributed by atoms with Gasteiger partial charge in [-0.15, -0.1) is 0 Å². The van der Waals surface area contributed by atoms with Gasteiger partial charge in [0.15, 0.2) is 0 Å². The highest BCUT2D eigenvalue weighted by molar-refractivity contribution is 6.04. The van der Waals surface area contributed by atoms with Gasteiger partial charge in [0.05, 0.1) is 23.4 Å². The Balaban J connectivity index is 0.00000148. The highest BCUT2D eigenvalue weighted by Gasteiger charge is 2.35. The van der Waals surface area contributed by atoms with Crippen LogP contribution in [0.3, 0.4) is 0 Å². The number of anilines is 1. The fraction of sp³-hybridized carbons (Fsp3) is 0.407. The molecule has 188 valence electrons. The van der Waals surface area contributed by atoms with E-state index in [-0.39, 0.29) is 12.1 Å². The summed E-state index contributed by atoms with van der Waals surface area (Å²) in [7, 11) is 1.85. The monoisotopic (exact) mass is 486 g/mol. The summed E-state index contributed by atoms with van der Waals surface area (Å²) < 4.78 is 1.61. The van der Waals surface area contributed by atoms with E-state index in [1.807, 2.05) is 50.2 Å². The fourth-order valence-corrected chi connectivity index (χ4v) is 4.61. The van der Waals surface area contributed by atoms with Gasteiger partial charge in [0.1, 0.15) is 5.52 Å². The average Bonchev–Trinajstić information content (AvgIpc) is 3.46. The maximum Gasteiger partial charge on any atom is 0.324 e. The number of carbonyl (C=O) groups excluding carboxylic acids is 1. The van der Waals surface area contributed by atoms with E-state index in [4.69, 9.17) is 4.98 Å². The van der Waals surface area contributed by atoms with E-state index >= 15 is 0 Å². The number of nitrogens with zero attached hydrogens (tertiary/aromatic N) is 8. The number of fused-ring (bicyclic) bond motifs is 3. The second-order valence-corrected chi connectivity index (χ2v) is 8.66. The Hall–Kier alpha value is -3.88. The van der Waals surface area contributed by atoms with Crippen LogP contribution in [-0.4, -0.2) is 53.7 Å². The Labute approximate surface area is 212 Å². The molecule has 0 fully saturated rings. The largest absolute Gasteiger partial charge is 0.324 e. The van der Waals surface area contributed by atoms with Crippen molar-refractivity contribution in [2.75, 3.05) is 11.9 Å². The fourth-order valence-electron chi connectivity index (χ4n) is 4.61. The summed E-state index contributed by atoms with van der Waals surface area (Å²) in [4.78, 5) is 35.7. The van der Waals surface area contributed by atoms with E-state index in [1.165, 1.54) is 0 Å². The van der Waals surface area contributed by atoms with Gasteiger partial charge >= 0.3 is 6.03 Å². The van der Waals surface area contributed by atoms with Crippen molar-refractivity contribution >= 4 is 22.8 Å². The molecule has 9 heteroatoms. The van der Waals surface area contributed by atoms with Gasteiger partial charge in [-0.3, -0.25) is 9.88 Å². The highest BCUT2D eigenvalue weighted by atomic mass is 16.2. The van der Waals surface area contributed by atoms with Crippen LogP contribution in [0.4, 0.5) is 10.5 Å². The Kier molecular flexibility index (Phi) is 7.87. The lowest BCUT2D eigenvalue weighted by Crippen LogP contribution is -2.50. The molecule has 0 saturated carbocycles. The molecule has 0 N–H and O–H groups in total.